The Morgan fingerprint density at radius 2 is 2.19 bits per heavy atom. The van der Waals surface area contributed by atoms with Crippen molar-refractivity contribution in [2.24, 2.45) is 0 Å². The minimum Gasteiger partial charge on any atom is -0.324 e. The Labute approximate surface area is 125 Å². The van der Waals surface area contributed by atoms with Gasteiger partial charge in [-0.25, -0.2) is 0 Å². The van der Waals surface area contributed by atoms with Crippen LogP contribution in [0.3, 0.4) is 0 Å². The first kappa shape index (κ1) is 16.1. The minimum absolute atomic E-state index is 0.0956. The van der Waals surface area contributed by atoms with Gasteiger partial charge < -0.3 is 10.6 Å². The number of amides is 1. The van der Waals surface area contributed by atoms with Gasteiger partial charge in [-0.2, -0.15) is 13.2 Å². The molecule has 21 heavy (non-hydrogen) atoms. The predicted octanol–water partition coefficient (Wildman–Crippen LogP) is 3.83. The topological polar surface area (TPSA) is 41.1 Å². The molecule has 116 valence electrons. The predicted molar refractivity (Wildman–Crippen MR) is 75.3 cm³/mol. The number of nitrogens with one attached hydrogen (secondary N) is 2. The first-order valence-corrected chi connectivity index (χ1v) is 7.09. The van der Waals surface area contributed by atoms with Crippen molar-refractivity contribution in [2.45, 2.75) is 37.9 Å². The van der Waals surface area contributed by atoms with Gasteiger partial charge in [-0.15, -0.1) is 0 Å². The zero-order valence-electron chi connectivity index (χ0n) is 11.5. The van der Waals surface area contributed by atoms with E-state index in [2.05, 4.69) is 10.6 Å². The lowest BCUT2D eigenvalue weighted by Gasteiger charge is -2.26. The molecule has 0 radical (unpaired) electrons. The summed E-state index contributed by atoms with van der Waals surface area (Å²) < 4.78 is 38.4. The van der Waals surface area contributed by atoms with Gasteiger partial charge in [0.05, 0.1) is 16.1 Å². The molecule has 1 aliphatic rings. The maximum atomic E-state index is 12.8. The van der Waals surface area contributed by atoms with E-state index < -0.39 is 17.3 Å². The van der Waals surface area contributed by atoms with Gasteiger partial charge in [0.2, 0.25) is 5.91 Å². The largest absolute Gasteiger partial charge is 0.417 e. The average molecular weight is 321 g/mol. The number of hydrogen-bond donors (Lipinski definition) is 2. The molecule has 0 aliphatic carbocycles. The van der Waals surface area contributed by atoms with Crippen LogP contribution in [0.1, 0.15) is 31.7 Å². The van der Waals surface area contributed by atoms with Crippen LogP contribution in [0.2, 0.25) is 5.02 Å². The minimum atomic E-state index is -4.55. The summed E-state index contributed by atoms with van der Waals surface area (Å²) in [6.45, 7) is 2.61. The molecule has 0 saturated carbocycles. The second-order valence-corrected chi connectivity index (χ2v) is 5.52. The van der Waals surface area contributed by atoms with Crippen molar-refractivity contribution < 1.29 is 18.0 Å². The molecular formula is C14H16ClF3N2O. The van der Waals surface area contributed by atoms with E-state index in [1.54, 1.807) is 0 Å². The van der Waals surface area contributed by atoms with E-state index in [0.717, 1.165) is 25.1 Å². The molecule has 1 saturated heterocycles. The third-order valence-corrected chi connectivity index (χ3v) is 4.14. The van der Waals surface area contributed by atoms with E-state index in [1.165, 1.54) is 6.07 Å². The average Bonchev–Trinajstić information content (AvgIpc) is 2.89. The molecule has 1 amide bonds. The van der Waals surface area contributed by atoms with Gasteiger partial charge in [0, 0.05) is 5.69 Å². The molecule has 0 aromatic heterocycles. The number of carbonyl (C=O) groups is 1. The molecule has 1 aliphatic heterocycles. The highest BCUT2D eigenvalue weighted by molar-refractivity contribution is 6.31. The standard InChI is InChI=1S/C14H16ClF3N2O/c1-2-13(6-3-7-19-13)12(21)20-9-4-5-11(15)10(8-9)14(16,17)18/h4-5,8,19H,2-3,6-7H2,1H3,(H,20,21). The molecule has 1 fully saturated rings. The SMILES string of the molecule is CCC1(C(=O)Nc2ccc(Cl)c(C(F)(F)F)c2)CCCN1. The van der Waals surface area contributed by atoms with Crippen molar-refractivity contribution in [1.82, 2.24) is 5.32 Å². The van der Waals surface area contributed by atoms with Gasteiger partial charge in [0.1, 0.15) is 0 Å². The Kier molecular flexibility index (Phi) is 4.49. The number of alkyl halides is 3. The second kappa shape index (κ2) is 5.85. The maximum Gasteiger partial charge on any atom is 0.417 e. The Bertz CT molecular complexity index is 540. The van der Waals surface area contributed by atoms with Gasteiger partial charge in [-0.05, 0) is 44.0 Å². The number of rotatable bonds is 3. The van der Waals surface area contributed by atoms with Crippen molar-refractivity contribution in [3.8, 4) is 0 Å². The van der Waals surface area contributed by atoms with Gasteiger partial charge >= 0.3 is 6.18 Å². The summed E-state index contributed by atoms with van der Waals surface area (Å²) in [5.41, 5.74) is -1.55. The summed E-state index contributed by atoms with van der Waals surface area (Å²) in [6, 6.07) is 3.37. The van der Waals surface area contributed by atoms with E-state index in [4.69, 9.17) is 11.6 Å². The van der Waals surface area contributed by atoms with Crippen LogP contribution >= 0.6 is 11.6 Å². The molecule has 1 aromatic carbocycles. The summed E-state index contributed by atoms with van der Waals surface area (Å²) in [4.78, 5) is 12.3. The van der Waals surface area contributed by atoms with Gasteiger partial charge in [-0.1, -0.05) is 18.5 Å². The normalized spacial score (nSPS) is 22.3. The van der Waals surface area contributed by atoms with Crippen molar-refractivity contribution in [2.75, 3.05) is 11.9 Å². The fraction of sp³-hybridized carbons (Fsp3) is 0.500. The Morgan fingerprint density at radius 1 is 1.48 bits per heavy atom. The van der Waals surface area contributed by atoms with Crippen LogP contribution in [0.4, 0.5) is 18.9 Å². The summed E-state index contributed by atoms with van der Waals surface area (Å²) in [7, 11) is 0. The summed E-state index contributed by atoms with van der Waals surface area (Å²) in [5.74, 6) is -0.307. The number of benzene rings is 1. The third kappa shape index (κ3) is 3.32. The first-order valence-electron chi connectivity index (χ1n) is 6.72. The lowest BCUT2D eigenvalue weighted by Crippen LogP contribution is -2.50. The second-order valence-electron chi connectivity index (χ2n) is 5.11. The summed E-state index contributed by atoms with van der Waals surface area (Å²) in [6.07, 6.45) is -2.42. The van der Waals surface area contributed by atoms with Crippen LogP contribution in [0.5, 0.6) is 0 Å². The maximum absolute atomic E-state index is 12.8. The van der Waals surface area contributed by atoms with Crippen LogP contribution in [0, 0.1) is 0 Å². The Hall–Kier alpha value is -1.27. The van der Waals surface area contributed by atoms with E-state index in [1.807, 2.05) is 6.92 Å². The third-order valence-electron chi connectivity index (χ3n) is 3.81. The molecule has 1 atom stereocenters. The summed E-state index contributed by atoms with van der Waals surface area (Å²) >= 11 is 5.55. The van der Waals surface area contributed by atoms with E-state index in [-0.39, 0.29) is 16.6 Å². The van der Waals surface area contributed by atoms with E-state index >= 15 is 0 Å². The molecule has 1 heterocycles. The Balaban J connectivity index is 2.22. The van der Waals surface area contributed by atoms with Crippen LogP contribution in [-0.4, -0.2) is 18.0 Å². The molecule has 3 nitrogen and oxygen atoms in total. The molecule has 0 bridgehead atoms. The fourth-order valence-electron chi connectivity index (χ4n) is 2.53. The zero-order chi connectivity index (χ0) is 15.7. The summed E-state index contributed by atoms with van der Waals surface area (Å²) in [5, 5.41) is 5.31. The highest BCUT2D eigenvalue weighted by atomic mass is 35.5. The van der Waals surface area contributed by atoms with Crippen molar-refractivity contribution in [1.29, 1.82) is 0 Å². The molecule has 2 rings (SSSR count). The van der Waals surface area contributed by atoms with E-state index in [0.29, 0.717) is 12.8 Å². The number of hydrogen-bond acceptors (Lipinski definition) is 2. The molecule has 2 N–H and O–H groups in total. The van der Waals surface area contributed by atoms with Crippen molar-refractivity contribution in [3.63, 3.8) is 0 Å². The van der Waals surface area contributed by atoms with Gasteiger partial charge in [-0.3, -0.25) is 4.79 Å². The smallest absolute Gasteiger partial charge is 0.324 e. The van der Waals surface area contributed by atoms with Crippen molar-refractivity contribution in [3.05, 3.63) is 28.8 Å². The van der Waals surface area contributed by atoms with Crippen LogP contribution in [0.15, 0.2) is 18.2 Å². The lowest BCUT2D eigenvalue weighted by atomic mass is 9.93. The fourth-order valence-corrected chi connectivity index (χ4v) is 2.76. The lowest BCUT2D eigenvalue weighted by molar-refractivity contribution is -0.137. The van der Waals surface area contributed by atoms with Crippen LogP contribution in [-0.2, 0) is 11.0 Å². The highest BCUT2D eigenvalue weighted by Crippen LogP contribution is 2.36. The number of halogens is 4. The quantitative estimate of drug-likeness (QED) is 0.888. The van der Waals surface area contributed by atoms with Gasteiger partial charge in [0.25, 0.3) is 0 Å². The molecule has 7 heteroatoms. The number of carbonyl (C=O) groups excluding carboxylic acids is 1. The Morgan fingerprint density at radius 3 is 2.71 bits per heavy atom. The molecule has 1 unspecified atom stereocenters. The van der Waals surface area contributed by atoms with E-state index in [9.17, 15) is 18.0 Å². The first-order chi connectivity index (χ1) is 9.78. The molecule has 0 spiro atoms. The van der Waals surface area contributed by atoms with Gasteiger partial charge in [0.15, 0.2) is 0 Å². The molecular weight excluding hydrogens is 305 g/mol. The van der Waals surface area contributed by atoms with Crippen LogP contribution < -0.4 is 10.6 Å². The number of anilines is 1. The monoisotopic (exact) mass is 320 g/mol. The van der Waals surface area contributed by atoms with Crippen LogP contribution in [0.25, 0.3) is 0 Å². The van der Waals surface area contributed by atoms with Crippen molar-refractivity contribution >= 4 is 23.2 Å². The molecule has 1 aromatic rings. The highest BCUT2D eigenvalue weighted by Gasteiger charge is 2.39. The zero-order valence-corrected chi connectivity index (χ0v) is 12.2.